The second-order valence-corrected chi connectivity index (χ2v) is 4.01. The van der Waals surface area contributed by atoms with E-state index in [0.717, 1.165) is 25.0 Å². The Hall–Kier alpha value is -0.990. The van der Waals surface area contributed by atoms with Crippen molar-refractivity contribution < 1.29 is 14.3 Å². The molecule has 0 spiro atoms. The largest absolute Gasteiger partial charge is 0.495 e. The Morgan fingerprint density at radius 3 is 2.93 bits per heavy atom. The summed E-state index contributed by atoms with van der Waals surface area (Å²) in [5.74, 6) is 0.472. The number of ether oxygens (including phenoxy) is 2. The van der Waals surface area contributed by atoms with Crippen molar-refractivity contribution in [1.82, 2.24) is 0 Å². The zero-order chi connectivity index (χ0) is 11.3. The average Bonchev–Trinajstić information content (AvgIpc) is 2.18. The molecule has 0 saturated heterocycles. The second-order valence-electron chi connectivity index (χ2n) is 4.01. The number of hydrogen-bond donors (Lipinski definition) is 0. The molecule has 1 unspecified atom stereocenters. The van der Waals surface area contributed by atoms with Gasteiger partial charge in [0.1, 0.15) is 11.7 Å². The van der Waals surface area contributed by atoms with E-state index in [1.54, 1.807) is 0 Å². The van der Waals surface area contributed by atoms with Gasteiger partial charge in [-0.25, -0.2) is 0 Å². The predicted octanol–water partition coefficient (Wildman–Crippen LogP) is 2.66. The van der Waals surface area contributed by atoms with Crippen LogP contribution in [0.3, 0.4) is 0 Å². The smallest absolute Gasteiger partial charge is 0.316 e. The molecule has 0 heterocycles. The summed E-state index contributed by atoms with van der Waals surface area (Å²) in [5, 5.41) is 0. The first-order chi connectivity index (χ1) is 7.15. The second kappa shape index (κ2) is 5.79. The summed E-state index contributed by atoms with van der Waals surface area (Å²) in [7, 11) is 0. The van der Waals surface area contributed by atoms with Crippen LogP contribution >= 0.6 is 0 Å². The normalized spacial score (nSPS) is 21.1. The number of rotatable bonds is 4. The molecule has 3 nitrogen and oxygen atoms in total. The van der Waals surface area contributed by atoms with E-state index in [1.807, 2.05) is 26.8 Å². The average molecular weight is 212 g/mol. The van der Waals surface area contributed by atoms with Crippen molar-refractivity contribution in [2.24, 2.45) is 5.92 Å². The van der Waals surface area contributed by atoms with Crippen LogP contribution in [0, 0.1) is 5.92 Å². The summed E-state index contributed by atoms with van der Waals surface area (Å²) < 4.78 is 10.7. The number of esters is 1. The highest BCUT2D eigenvalue weighted by atomic mass is 16.5. The van der Waals surface area contributed by atoms with Gasteiger partial charge < -0.3 is 9.47 Å². The lowest BCUT2D eigenvalue weighted by atomic mass is 9.94. The molecule has 0 N–H and O–H groups in total. The van der Waals surface area contributed by atoms with Gasteiger partial charge in [-0.15, -0.1) is 0 Å². The number of carbonyl (C=O) groups excluding carboxylic acids is 1. The van der Waals surface area contributed by atoms with Crippen LogP contribution < -0.4 is 0 Å². The molecule has 86 valence electrons. The molecule has 1 aliphatic rings. The van der Waals surface area contributed by atoms with Gasteiger partial charge >= 0.3 is 5.97 Å². The van der Waals surface area contributed by atoms with E-state index in [-0.39, 0.29) is 18.0 Å². The molecule has 0 fully saturated rings. The van der Waals surface area contributed by atoms with Gasteiger partial charge in [0.25, 0.3) is 0 Å². The van der Waals surface area contributed by atoms with Crippen molar-refractivity contribution >= 4 is 5.97 Å². The van der Waals surface area contributed by atoms with E-state index in [4.69, 9.17) is 9.47 Å². The Morgan fingerprint density at radius 2 is 2.33 bits per heavy atom. The van der Waals surface area contributed by atoms with E-state index >= 15 is 0 Å². The lowest BCUT2D eigenvalue weighted by molar-refractivity contribution is -0.148. The molecule has 0 bridgehead atoms. The third-order valence-corrected chi connectivity index (χ3v) is 2.33. The molecular weight excluding hydrogens is 192 g/mol. The van der Waals surface area contributed by atoms with Crippen molar-refractivity contribution in [2.75, 3.05) is 6.61 Å². The van der Waals surface area contributed by atoms with Crippen molar-refractivity contribution in [3.63, 3.8) is 0 Å². The topological polar surface area (TPSA) is 35.5 Å². The summed E-state index contributed by atoms with van der Waals surface area (Å²) in [5.41, 5.74) is 0. The minimum absolute atomic E-state index is 0.117. The van der Waals surface area contributed by atoms with Crippen LogP contribution in [0.2, 0.25) is 0 Å². The van der Waals surface area contributed by atoms with E-state index < -0.39 is 0 Å². The lowest BCUT2D eigenvalue weighted by Crippen LogP contribution is -2.24. The van der Waals surface area contributed by atoms with Gasteiger partial charge in [-0.05, 0) is 46.1 Å². The van der Waals surface area contributed by atoms with Crippen LogP contribution in [0.25, 0.3) is 0 Å². The predicted molar refractivity (Wildman–Crippen MR) is 58.3 cm³/mol. The van der Waals surface area contributed by atoms with E-state index in [2.05, 4.69) is 0 Å². The van der Waals surface area contributed by atoms with Crippen molar-refractivity contribution in [3.8, 4) is 0 Å². The number of carbonyl (C=O) groups is 1. The fraction of sp³-hybridized carbons (Fsp3) is 0.750. The van der Waals surface area contributed by atoms with Crippen LogP contribution in [-0.4, -0.2) is 18.7 Å². The maximum absolute atomic E-state index is 11.6. The molecule has 1 atom stereocenters. The van der Waals surface area contributed by atoms with Crippen LogP contribution in [0.4, 0.5) is 0 Å². The first-order valence-electron chi connectivity index (χ1n) is 5.68. The monoisotopic (exact) mass is 212 g/mol. The number of allylic oxidation sites excluding steroid dienone is 1. The molecule has 0 aromatic carbocycles. The maximum Gasteiger partial charge on any atom is 0.316 e. The third kappa shape index (κ3) is 3.57. The summed E-state index contributed by atoms with van der Waals surface area (Å²) in [6.07, 6.45) is 5.01. The molecule has 15 heavy (non-hydrogen) atoms. The van der Waals surface area contributed by atoms with Gasteiger partial charge in [0.2, 0.25) is 0 Å². The zero-order valence-corrected chi connectivity index (χ0v) is 9.79. The molecular formula is C12H20O3. The maximum atomic E-state index is 11.6. The molecule has 1 aliphatic carbocycles. The van der Waals surface area contributed by atoms with Crippen molar-refractivity contribution in [2.45, 2.75) is 46.1 Å². The Balaban J connectivity index is 2.64. The molecule has 0 aromatic rings. The van der Waals surface area contributed by atoms with Gasteiger partial charge in [-0.3, -0.25) is 4.79 Å². The molecule has 0 radical (unpaired) electrons. The Bertz CT molecular complexity index is 243. The van der Waals surface area contributed by atoms with E-state index in [0.29, 0.717) is 6.61 Å². The van der Waals surface area contributed by atoms with Crippen LogP contribution in [0.1, 0.15) is 40.0 Å². The highest BCUT2D eigenvalue weighted by Crippen LogP contribution is 2.27. The molecule has 0 aromatic heterocycles. The van der Waals surface area contributed by atoms with Crippen LogP contribution in [0.15, 0.2) is 11.8 Å². The first-order valence-corrected chi connectivity index (χ1v) is 5.68. The lowest BCUT2D eigenvalue weighted by Gasteiger charge is -2.24. The summed E-state index contributed by atoms with van der Waals surface area (Å²) >= 11 is 0. The fourth-order valence-electron chi connectivity index (χ4n) is 1.73. The summed E-state index contributed by atoms with van der Waals surface area (Å²) in [4.78, 5) is 11.6. The van der Waals surface area contributed by atoms with Gasteiger partial charge in [0.15, 0.2) is 0 Å². The molecule has 0 aliphatic heterocycles. The van der Waals surface area contributed by atoms with Gasteiger partial charge in [-0.1, -0.05) is 0 Å². The minimum Gasteiger partial charge on any atom is -0.495 e. The third-order valence-electron chi connectivity index (χ3n) is 2.33. The first kappa shape index (κ1) is 12.1. The Kier molecular flexibility index (Phi) is 4.66. The highest BCUT2D eigenvalue weighted by molar-refractivity contribution is 5.75. The molecule has 0 amide bonds. The standard InChI is InChI=1S/C12H20O3/c1-4-14-12(13)10-7-5-6-8-11(10)15-9(2)3/h8-10H,4-7H2,1-3H3. The fourth-order valence-corrected chi connectivity index (χ4v) is 1.73. The minimum atomic E-state index is -0.180. The zero-order valence-electron chi connectivity index (χ0n) is 9.79. The summed E-state index contributed by atoms with van der Waals surface area (Å²) in [6, 6.07) is 0. The Morgan fingerprint density at radius 1 is 1.60 bits per heavy atom. The molecule has 0 saturated carbocycles. The van der Waals surface area contributed by atoms with Gasteiger partial charge in [-0.2, -0.15) is 0 Å². The van der Waals surface area contributed by atoms with Gasteiger partial charge in [0.05, 0.1) is 12.7 Å². The van der Waals surface area contributed by atoms with Crippen LogP contribution in [-0.2, 0) is 14.3 Å². The number of hydrogen-bond acceptors (Lipinski definition) is 3. The quantitative estimate of drug-likeness (QED) is 0.672. The van der Waals surface area contributed by atoms with Crippen molar-refractivity contribution in [1.29, 1.82) is 0 Å². The summed E-state index contributed by atoms with van der Waals surface area (Å²) in [6.45, 7) is 6.20. The van der Waals surface area contributed by atoms with Crippen LogP contribution in [0.5, 0.6) is 0 Å². The van der Waals surface area contributed by atoms with Crippen molar-refractivity contribution in [3.05, 3.63) is 11.8 Å². The Labute approximate surface area is 91.4 Å². The molecule has 1 rings (SSSR count). The highest BCUT2D eigenvalue weighted by Gasteiger charge is 2.28. The van der Waals surface area contributed by atoms with E-state index in [9.17, 15) is 4.79 Å². The molecule has 3 heteroatoms. The van der Waals surface area contributed by atoms with Gasteiger partial charge in [0, 0.05) is 0 Å². The SMILES string of the molecule is CCOC(=O)C1CCCC=C1OC(C)C. The van der Waals surface area contributed by atoms with E-state index in [1.165, 1.54) is 0 Å².